The van der Waals surface area contributed by atoms with Crippen molar-refractivity contribution in [1.29, 1.82) is 0 Å². The highest BCUT2D eigenvalue weighted by atomic mass is 32.2. The van der Waals surface area contributed by atoms with Crippen LogP contribution >= 0.6 is 0 Å². The molecule has 1 aromatic carbocycles. The van der Waals surface area contributed by atoms with Gasteiger partial charge in [-0.2, -0.15) is 0 Å². The highest BCUT2D eigenvalue weighted by molar-refractivity contribution is 7.89. The Hall–Kier alpha value is -1.31. The minimum absolute atomic E-state index is 0.0538. The Bertz CT molecular complexity index is 556. The van der Waals surface area contributed by atoms with E-state index in [4.69, 9.17) is 5.73 Å². The Morgan fingerprint density at radius 3 is 2.40 bits per heavy atom. The van der Waals surface area contributed by atoms with E-state index in [1.54, 1.807) is 12.1 Å². The molecule has 0 aliphatic rings. The number of hydrogen-bond donors (Lipinski definition) is 3. The smallest absolute Gasteiger partial charge is 0.244 e. The third-order valence-corrected chi connectivity index (χ3v) is 5.04. The molecule has 1 atom stereocenters. The first-order chi connectivity index (χ1) is 9.21. The van der Waals surface area contributed by atoms with Crippen LogP contribution in [0.4, 0.5) is 11.4 Å². The molecule has 20 heavy (non-hydrogen) atoms. The van der Waals surface area contributed by atoms with Crippen LogP contribution in [0.5, 0.6) is 0 Å². The summed E-state index contributed by atoms with van der Waals surface area (Å²) in [6.07, 6.45) is 0. The number of anilines is 2. The topological polar surface area (TPSA) is 95.7 Å². The minimum Gasteiger partial charge on any atom is -0.396 e. The van der Waals surface area contributed by atoms with Crippen LogP contribution in [0, 0.1) is 5.92 Å². The van der Waals surface area contributed by atoms with Crippen molar-refractivity contribution in [1.82, 2.24) is 4.31 Å². The zero-order valence-electron chi connectivity index (χ0n) is 12.3. The number of benzene rings is 1. The summed E-state index contributed by atoms with van der Waals surface area (Å²) in [6.45, 7) is 3.87. The lowest BCUT2D eigenvalue weighted by Crippen LogP contribution is -2.30. The second kappa shape index (κ2) is 6.43. The highest BCUT2D eigenvalue weighted by Crippen LogP contribution is 2.29. The Kier molecular flexibility index (Phi) is 5.38. The number of hydrogen-bond acceptors (Lipinski definition) is 5. The second-order valence-electron chi connectivity index (χ2n) is 5.18. The summed E-state index contributed by atoms with van der Waals surface area (Å²) in [4.78, 5) is 0.0629. The van der Waals surface area contributed by atoms with E-state index in [2.05, 4.69) is 5.32 Å². The van der Waals surface area contributed by atoms with Gasteiger partial charge in [0.2, 0.25) is 10.0 Å². The van der Waals surface area contributed by atoms with Crippen LogP contribution < -0.4 is 11.1 Å². The molecule has 0 radical (unpaired) electrons. The number of aliphatic hydroxyl groups is 1. The zero-order valence-corrected chi connectivity index (χ0v) is 13.1. The molecule has 4 N–H and O–H groups in total. The molecular weight excluding hydrogens is 278 g/mol. The van der Waals surface area contributed by atoms with E-state index >= 15 is 0 Å². The van der Waals surface area contributed by atoms with Crippen LogP contribution in [-0.4, -0.2) is 44.6 Å². The summed E-state index contributed by atoms with van der Waals surface area (Å²) >= 11 is 0. The zero-order chi connectivity index (χ0) is 15.5. The van der Waals surface area contributed by atoms with Crippen molar-refractivity contribution in [3.63, 3.8) is 0 Å². The molecule has 0 heterocycles. The van der Waals surface area contributed by atoms with Crippen LogP contribution in [0.2, 0.25) is 0 Å². The van der Waals surface area contributed by atoms with E-state index in [1.165, 1.54) is 20.2 Å². The number of aliphatic hydroxyl groups excluding tert-OH is 1. The Balaban J connectivity index is 3.21. The molecule has 0 aliphatic carbocycles. The summed E-state index contributed by atoms with van der Waals surface area (Å²) in [7, 11) is -0.671. The standard InChI is InChI=1S/C13H23N3O3S/c1-9(2)11(8-17)15-10-6-5-7-12(13(10)14)20(18,19)16(3)4/h5-7,9,11,15,17H,8,14H2,1-4H3. The van der Waals surface area contributed by atoms with Gasteiger partial charge < -0.3 is 16.2 Å². The first kappa shape index (κ1) is 16.7. The maximum absolute atomic E-state index is 12.2. The van der Waals surface area contributed by atoms with E-state index in [-0.39, 0.29) is 29.1 Å². The van der Waals surface area contributed by atoms with E-state index < -0.39 is 10.0 Å². The van der Waals surface area contributed by atoms with Gasteiger partial charge in [-0.25, -0.2) is 12.7 Å². The van der Waals surface area contributed by atoms with E-state index in [0.717, 1.165) is 4.31 Å². The van der Waals surface area contributed by atoms with E-state index in [1.807, 2.05) is 13.8 Å². The Morgan fingerprint density at radius 1 is 1.35 bits per heavy atom. The van der Waals surface area contributed by atoms with Gasteiger partial charge in [0.05, 0.1) is 24.0 Å². The summed E-state index contributed by atoms with van der Waals surface area (Å²) in [6, 6.07) is 4.62. The summed E-state index contributed by atoms with van der Waals surface area (Å²) in [5.41, 5.74) is 6.64. The molecule has 0 spiro atoms. The fraction of sp³-hybridized carbons (Fsp3) is 0.538. The SMILES string of the molecule is CC(C)C(CO)Nc1cccc(S(=O)(=O)N(C)C)c1N. The summed E-state index contributed by atoms with van der Waals surface area (Å²) < 4.78 is 25.4. The minimum atomic E-state index is -3.59. The molecule has 0 fully saturated rings. The lowest BCUT2D eigenvalue weighted by atomic mass is 10.0. The summed E-state index contributed by atoms with van der Waals surface area (Å²) in [5, 5.41) is 12.4. The largest absolute Gasteiger partial charge is 0.396 e. The molecule has 1 unspecified atom stereocenters. The Morgan fingerprint density at radius 2 is 1.95 bits per heavy atom. The first-order valence-electron chi connectivity index (χ1n) is 6.40. The molecular formula is C13H23N3O3S. The van der Waals surface area contributed by atoms with Crippen LogP contribution in [0.3, 0.4) is 0 Å². The molecule has 0 amide bonds. The van der Waals surface area contributed by atoms with Gasteiger partial charge in [-0.3, -0.25) is 0 Å². The predicted molar refractivity (Wildman–Crippen MR) is 81.1 cm³/mol. The van der Waals surface area contributed by atoms with Gasteiger partial charge in [0.1, 0.15) is 4.90 Å². The number of nitrogens with two attached hydrogens (primary N) is 1. The van der Waals surface area contributed by atoms with E-state index in [9.17, 15) is 13.5 Å². The molecule has 7 heteroatoms. The van der Waals surface area contributed by atoms with Crippen molar-refractivity contribution in [2.45, 2.75) is 24.8 Å². The average molecular weight is 301 g/mol. The van der Waals surface area contributed by atoms with Crippen molar-refractivity contribution in [2.75, 3.05) is 31.8 Å². The van der Waals surface area contributed by atoms with Crippen molar-refractivity contribution >= 4 is 21.4 Å². The monoisotopic (exact) mass is 301 g/mol. The number of sulfonamides is 1. The number of nitrogens with zero attached hydrogens (tertiary/aromatic N) is 1. The molecule has 1 rings (SSSR count). The predicted octanol–water partition coefficient (Wildman–Crippen LogP) is 0.948. The average Bonchev–Trinajstić information content (AvgIpc) is 2.36. The molecule has 114 valence electrons. The first-order valence-corrected chi connectivity index (χ1v) is 7.84. The van der Waals surface area contributed by atoms with Crippen molar-refractivity contribution in [3.05, 3.63) is 18.2 Å². The number of nitrogen functional groups attached to an aromatic ring is 1. The lowest BCUT2D eigenvalue weighted by Gasteiger charge is -2.23. The fourth-order valence-corrected chi connectivity index (χ4v) is 2.75. The fourth-order valence-electron chi connectivity index (χ4n) is 1.71. The van der Waals surface area contributed by atoms with Gasteiger partial charge in [-0.1, -0.05) is 19.9 Å². The molecule has 0 aliphatic heterocycles. The van der Waals surface area contributed by atoms with Crippen LogP contribution in [0.25, 0.3) is 0 Å². The highest BCUT2D eigenvalue weighted by Gasteiger charge is 2.22. The molecule has 0 saturated heterocycles. The molecule has 6 nitrogen and oxygen atoms in total. The van der Waals surface area contributed by atoms with Crippen molar-refractivity contribution in [2.24, 2.45) is 5.92 Å². The van der Waals surface area contributed by atoms with Crippen molar-refractivity contribution in [3.8, 4) is 0 Å². The van der Waals surface area contributed by atoms with Gasteiger partial charge >= 0.3 is 0 Å². The van der Waals surface area contributed by atoms with Crippen LogP contribution in [0.1, 0.15) is 13.8 Å². The van der Waals surface area contributed by atoms with Gasteiger partial charge in [0.25, 0.3) is 0 Å². The Labute approximate surface area is 120 Å². The number of nitrogens with one attached hydrogen (secondary N) is 1. The van der Waals surface area contributed by atoms with Crippen molar-refractivity contribution < 1.29 is 13.5 Å². The maximum Gasteiger partial charge on any atom is 0.244 e. The van der Waals surface area contributed by atoms with Gasteiger partial charge in [0, 0.05) is 14.1 Å². The number of para-hydroxylation sites is 1. The molecule has 0 aromatic heterocycles. The third-order valence-electron chi connectivity index (χ3n) is 3.17. The van der Waals surface area contributed by atoms with Gasteiger partial charge in [-0.05, 0) is 18.1 Å². The molecule has 1 aromatic rings. The van der Waals surface area contributed by atoms with E-state index in [0.29, 0.717) is 5.69 Å². The van der Waals surface area contributed by atoms with Gasteiger partial charge in [0.15, 0.2) is 0 Å². The third kappa shape index (κ3) is 3.41. The van der Waals surface area contributed by atoms with Crippen LogP contribution in [-0.2, 0) is 10.0 Å². The normalized spacial score (nSPS) is 13.8. The maximum atomic E-state index is 12.2. The second-order valence-corrected chi connectivity index (χ2v) is 7.30. The van der Waals surface area contributed by atoms with Gasteiger partial charge in [-0.15, -0.1) is 0 Å². The van der Waals surface area contributed by atoms with Crippen LogP contribution in [0.15, 0.2) is 23.1 Å². The quantitative estimate of drug-likeness (QED) is 0.680. The number of rotatable bonds is 6. The molecule has 0 bridgehead atoms. The lowest BCUT2D eigenvalue weighted by molar-refractivity contribution is 0.249. The summed E-state index contributed by atoms with van der Waals surface area (Å²) in [5.74, 6) is 0.188. The molecule has 0 saturated carbocycles.